The van der Waals surface area contributed by atoms with Gasteiger partial charge in [0.25, 0.3) is 5.56 Å². The highest BCUT2D eigenvalue weighted by molar-refractivity contribution is 5.79. The summed E-state index contributed by atoms with van der Waals surface area (Å²) in [7, 11) is 4.68. The lowest BCUT2D eigenvalue weighted by atomic mass is 10.0. The number of fused-ring (bicyclic) bond motifs is 1. The lowest BCUT2D eigenvalue weighted by molar-refractivity contribution is -0.129. The quantitative estimate of drug-likeness (QED) is 0.648. The van der Waals surface area contributed by atoms with Crippen molar-refractivity contribution in [2.24, 2.45) is 14.1 Å². The van der Waals surface area contributed by atoms with Gasteiger partial charge in [-0.25, -0.2) is 9.78 Å². The van der Waals surface area contributed by atoms with E-state index >= 15 is 0 Å². The monoisotopic (exact) mass is 408 g/mol. The molecular weight excluding hydrogens is 384 g/mol. The summed E-state index contributed by atoms with van der Waals surface area (Å²) >= 11 is 0. The van der Waals surface area contributed by atoms with Gasteiger partial charge in [0.05, 0.1) is 18.9 Å². The number of methoxy groups -OCH3 is 1. The third-order valence-electron chi connectivity index (χ3n) is 5.80. The Hall–Kier alpha value is -3.42. The lowest BCUT2D eigenvalue weighted by Gasteiger charge is -2.17. The molecule has 8 heteroatoms. The molecule has 0 bridgehead atoms. The van der Waals surface area contributed by atoms with Crippen LogP contribution in [0.15, 0.2) is 46.0 Å². The van der Waals surface area contributed by atoms with Gasteiger partial charge in [-0.1, -0.05) is 12.1 Å². The van der Waals surface area contributed by atoms with Gasteiger partial charge in [-0.15, -0.1) is 0 Å². The number of rotatable bonds is 4. The molecule has 0 radical (unpaired) electrons. The Balaban J connectivity index is 1.52. The van der Waals surface area contributed by atoms with Crippen LogP contribution in [-0.2, 0) is 25.3 Å². The zero-order chi connectivity index (χ0) is 21.4. The predicted molar refractivity (Wildman–Crippen MR) is 113 cm³/mol. The number of nitrogens with zero attached hydrogens (tertiary/aromatic N) is 4. The van der Waals surface area contributed by atoms with E-state index in [0.717, 1.165) is 28.0 Å². The van der Waals surface area contributed by atoms with E-state index in [1.165, 1.54) is 11.6 Å². The van der Waals surface area contributed by atoms with Crippen LogP contribution in [0.5, 0.6) is 5.75 Å². The van der Waals surface area contributed by atoms with Crippen molar-refractivity contribution in [1.82, 2.24) is 19.0 Å². The van der Waals surface area contributed by atoms with Gasteiger partial charge in [0.2, 0.25) is 5.91 Å². The summed E-state index contributed by atoms with van der Waals surface area (Å²) in [4.78, 5) is 43.7. The molecule has 0 unspecified atom stereocenters. The molecule has 2 aromatic heterocycles. The van der Waals surface area contributed by atoms with Crippen LogP contribution in [0.1, 0.15) is 23.6 Å². The molecule has 1 fully saturated rings. The van der Waals surface area contributed by atoms with E-state index in [0.29, 0.717) is 30.5 Å². The van der Waals surface area contributed by atoms with Gasteiger partial charge in [-0.3, -0.25) is 18.7 Å². The van der Waals surface area contributed by atoms with Gasteiger partial charge in [0.1, 0.15) is 11.4 Å². The van der Waals surface area contributed by atoms with Gasteiger partial charge in [0, 0.05) is 38.8 Å². The fourth-order valence-corrected chi connectivity index (χ4v) is 3.95. The van der Waals surface area contributed by atoms with Crippen LogP contribution < -0.4 is 16.0 Å². The molecule has 0 saturated carbocycles. The topological polar surface area (TPSA) is 86.4 Å². The predicted octanol–water partition coefficient (Wildman–Crippen LogP) is 1.20. The molecule has 1 atom stereocenters. The van der Waals surface area contributed by atoms with E-state index in [2.05, 4.69) is 4.98 Å². The smallest absolute Gasteiger partial charge is 0.332 e. The summed E-state index contributed by atoms with van der Waals surface area (Å²) in [5.74, 6) is 0.914. The Morgan fingerprint density at radius 3 is 2.53 bits per heavy atom. The summed E-state index contributed by atoms with van der Waals surface area (Å²) in [5, 5.41) is 0.411. The molecule has 1 amide bonds. The minimum absolute atomic E-state index is 0.0738. The van der Waals surface area contributed by atoms with Crippen LogP contribution in [0.3, 0.4) is 0 Å². The third-order valence-corrected chi connectivity index (χ3v) is 5.80. The normalized spacial score (nSPS) is 16.2. The van der Waals surface area contributed by atoms with Crippen LogP contribution >= 0.6 is 0 Å². The molecule has 0 aliphatic carbocycles. The number of hydrogen-bond acceptors (Lipinski definition) is 5. The Morgan fingerprint density at radius 2 is 1.83 bits per heavy atom. The molecular formula is C22H24N4O4. The van der Waals surface area contributed by atoms with E-state index in [1.54, 1.807) is 20.2 Å². The van der Waals surface area contributed by atoms with Crippen LogP contribution in [0.4, 0.5) is 0 Å². The fraction of sp³-hybridized carbons (Fsp3) is 0.364. The van der Waals surface area contributed by atoms with Crippen molar-refractivity contribution in [1.29, 1.82) is 0 Å². The molecule has 3 heterocycles. The third kappa shape index (κ3) is 3.49. The minimum atomic E-state index is -0.403. The zero-order valence-corrected chi connectivity index (χ0v) is 17.3. The van der Waals surface area contributed by atoms with Crippen molar-refractivity contribution in [3.8, 4) is 5.75 Å². The molecule has 4 rings (SSSR count). The Bertz CT molecular complexity index is 1230. The summed E-state index contributed by atoms with van der Waals surface area (Å²) in [6, 6.07) is 11.1. The number of aromatic nitrogens is 3. The second-order valence-corrected chi connectivity index (χ2v) is 7.66. The van der Waals surface area contributed by atoms with Crippen molar-refractivity contribution in [3.05, 3.63) is 68.5 Å². The number of hydrogen-bond donors (Lipinski definition) is 0. The fourth-order valence-electron chi connectivity index (χ4n) is 3.95. The summed E-state index contributed by atoms with van der Waals surface area (Å²) in [5.41, 5.74) is 1.36. The summed E-state index contributed by atoms with van der Waals surface area (Å²) < 4.78 is 7.63. The van der Waals surface area contributed by atoms with Crippen LogP contribution in [0.2, 0.25) is 0 Å². The first-order chi connectivity index (χ1) is 14.4. The number of carbonyl (C=O) groups excluding carboxylic acids is 1. The maximum atomic E-state index is 12.7. The molecule has 0 N–H and O–H groups in total. The molecule has 156 valence electrons. The van der Waals surface area contributed by atoms with E-state index in [9.17, 15) is 14.4 Å². The average molecular weight is 408 g/mol. The molecule has 30 heavy (non-hydrogen) atoms. The first-order valence-electron chi connectivity index (χ1n) is 9.86. The SMILES string of the molecule is COc1ccc(CC(=O)N2CC[C@@H](c3ccc4c(=O)n(C)c(=O)n(C)c4n3)C2)cc1. The van der Waals surface area contributed by atoms with Crippen LogP contribution in [-0.4, -0.2) is 45.1 Å². The van der Waals surface area contributed by atoms with Gasteiger partial charge in [0.15, 0.2) is 0 Å². The van der Waals surface area contributed by atoms with Crippen molar-refractivity contribution in [3.63, 3.8) is 0 Å². The number of ether oxygens (including phenoxy) is 1. The van der Waals surface area contributed by atoms with Crippen molar-refractivity contribution >= 4 is 16.9 Å². The van der Waals surface area contributed by atoms with E-state index in [-0.39, 0.29) is 17.4 Å². The van der Waals surface area contributed by atoms with E-state index in [1.807, 2.05) is 35.2 Å². The van der Waals surface area contributed by atoms with Gasteiger partial charge in [-0.05, 0) is 36.2 Å². The van der Waals surface area contributed by atoms with Gasteiger partial charge in [-0.2, -0.15) is 0 Å². The highest BCUT2D eigenvalue weighted by Crippen LogP contribution is 2.27. The first-order valence-corrected chi connectivity index (χ1v) is 9.86. The summed E-state index contributed by atoms with van der Waals surface area (Å²) in [6.07, 6.45) is 1.14. The minimum Gasteiger partial charge on any atom is -0.497 e. The molecule has 1 aliphatic rings. The molecule has 1 saturated heterocycles. The Morgan fingerprint density at radius 1 is 1.10 bits per heavy atom. The van der Waals surface area contributed by atoms with E-state index in [4.69, 9.17) is 4.74 Å². The van der Waals surface area contributed by atoms with Crippen molar-refractivity contribution < 1.29 is 9.53 Å². The molecule has 1 aliphatic heterocycles. The molecule has 1 aromatic carbocycles. The highest BCUT2D eigenvalue weighted by atomic mass is 16.5. The maximum absolute atomic E-state index is 12.7. The number of aryl methyl sites for hydroxylation is 1. The van der Waals surface area contributed by atoms with Gasteiger partial charge < -0.3 is 9.64 Å². The number of pyridine rings is 1. The molecule has 8 nitrogen and oxygen atoms in total. The number of likely N-dealkylation sites (tertiary alicyclic amines) is 1. The van der Waals surface area contributed by atoms with Crippen LogP contribution in [0, 0.1) is 0 Å². The molecule has 3 aromatic rings. The lowest BCUT2D eigenvalue weighted by Crippen LogP contribution is -2.37. The Kier molecular flexibility index (Phi) is 5.15. The van der Waals surface area contributed by atoms with Crippen molar-refractivity contribution in [2.75, 3.05) is 20.2 Å². The number of amides is 1. The van der Waals surface area contributed by atoms with E-state index < -0.39 is 5.69 Å². The zero-order valence-electron chi connectivity index (χ0n) is 17.3. The second-order valence-electron chi connectivity index (χ2n) is 7.66. The molecule has 0 spiro atoms. The first kappa shape index (κ1) is 19.9. The standard InChI is InChI=1S/C22H24N4O4/c1-24-20-17(21(28)25(2)22(24)29)8-9-18(23-20)15-10-11-26(13-15)19(27)12-14-4-6-16(30-3)7-5-14/h4-9,15H,10-13H2,1-3H3/t15-/m1/s1. The van der Waals surface area contributed by atoms with Gasteiger partial charge >= 0.3 is 5.69 Å². The maximum Gasteiger partial charge on any atom is 0.332 e. The number of benzene rings is 1. The average Bonchev–Trinajstić information content (AvgIpc) is 3.27. The van der Waals surface area contributed by atoms with Crippen LogP contribution in [0.25, 0.3) is 11.0 Å². The highest BCUT2D eigenvalue weighted by Gasteiger charge is 2.28. The second kappa shape index (κ2) is 7.78. The largest absolute Gasteiger partial charge is 0.497 e. The van der Waals surface area contributed by atoms with Crippen molar-refractivity contribution in [2.45, 2.75) is 18.8 Å². The summed E-state index contributed by atoms with van der Waals surface area (Å²) in [6.45, 7) is 1.24. The Labute approximate surface area is 173 Å². The number of carbonyl (C=O) groups is 1.